The third-order valence-electron chi connectivity index (χ3n) is 4.16. The Kier molecular flexibility index (Phi) is 6.25. The molecule has 0 spiro atoms. The molecule has 2 aromatic rings. The highest BCUT2D eigenvalue weighted by Gasteiger charge is 2.33. The van der Waals surface area contributed by atoms with E-state index < -0.39 is 26.4 Å². The van der Waals surface area contributed by atoms with Gasteiger partial charge in [0.15, 0.2) is 0 Å². The fraction of sp³-hybridized carbons (Fsp3) is 0.312. The summed E-state index contributed by atoms with van der Waals surface area (Å²) in [4.78, 5) is 11.7. The predicted molar refractivity (Wildman–Crippen MR) is 98.8 cm³/mol. The van der Waals surface area contributed by atoms with Crippen LogP contribution in [0.3, 0.4) is 0 Å². The molecule has 1 unspecified atom stereocenters. The van der Waals surface area contributed by atoms with Gasteiger partial charge in [-0.1, -0.05) is 6.07 Å². The molecular formula is C16H17ClF2N2O3S2. The molecule has 3 N–H and O–H groups in total. The topological polar surface area (TPSA) is 89.3 Å². The molecule has 0 aliphatic heterocycles. The lowest BCUT2D eigenvalue weighted by molar-refractivity contribution is 0.0934. The van der Waals surface area contributed by atoms with E-state index in [9.17, 15) is 22.0 Å². The van der Waals surface area contributed by atoms with Gasteiger partial charge in [0.25, 0.3) is 5.91 Å². The summed E-state index contributed by atoms with van der Waals surface area (Å²) in [7, 11) is -4.82. The van der Waals surface area contributed by atoms with Crippen LogP contribution in [-0.2, 0) is 16.3 Å². The fourth-order valence-corrected chi connectivity index (χ4v) is 5.06. The number of alkyl halides is 2. The van der Waals surface area contributed by atoms with Crippen LogP contribution in [0.25, 0.3) is 0 Å². The maximum absolute atomic E-state index is 12.8. The number of nitrogens with two attached hydrogens (primary N) is 1. The van der Waals surface area contributed by atoms with Crippen molar-refractivity contribution in [1.29, 1.82) is 0 Å². The van der Waals surface area contributed by atoms with E-state index in [0.717, 1.165) is 41.4 Å². The van der Waals surface area contributed by atoms with E-state index in [1.807, 2.05) is 12.1 Å². The zero-order valence-electron chi connectivity index (χ0n) is 13.4. The lowest BCUT2D eigenvalue weighted by atomic mass is 9.87. The number of sulfone groups is 1. The summed E-state index contributed by atoms with van der Waals surface area (Å²) < 4.78 is 49.0. The molecule has 26 heavy (non-hydrogen) atoms. The lowest BCUT2D eigenvalue weighted by Crippen LogP contribution is -2.31. The fourth-order valence-electron chi connectivity index (χ4n) is 2.99. The second-order valence-electron chi connectivity index (χ2n) is 5.80. The smallest absolute Gasteiger partial charge is 0.341 e. The minimum atomic E-state index is -4.82. The normalized spacial score (nSPS) is 16.7. The van der Waals surface area contributed by atoms with Gasteiger partial charge in [0.1, 0.15) is 4.88 Å². The van der Waals surface area contributed by atoms with Crippen LogP contribution in [0.15, 0.2) is 34.5 Å². The number of aryl methyl sites for hydroxylation is 1. The number of nitrogens with one attached hydrogen (secondary N) is 1. The Bertz CT molecular complexity index is 916. The molecule has 142 valence electrons. The third-order valence-corrected chi connectivity index (χ3v) is 6.63. The molecule has 1 heterocycles. The van der Waals surface area contributed by atoms with Gasteiger partial charge >= 0.3 is 5.76 Å². The van der Waals surface area contributed by atoms with E-state index in [1.54, 1.807) is 6.07 Å². The van der Waals surface area contributed by atoms with Gasteiger partial charge in [0.05, 0.1) is 10.9 Å². The molecule has 0 fully saturated rings. The Balaban J connectivity index is 0.00000243. The summed E-state index contributed by atoms with van der Waals surface area (Å²) in [5, 5.41) is 4.09. The number of anilines is 1. The standard InChI is InChI=1S/C16H16F2N2O3S2.ClH/c17-16(18)25(22,23)13-6-7-24-14(13)15(21)20-12-3-1-2-9-8-10(19)4-5-11(9)12;/h4-8,12,16H,1-3,19H2,(H,20,21);1H. The third kappa shape index (κ3) is 3.84. The van der Waals surface area contributed by atoms with Crippen molar-refractivity contribution >= 4 is 45.2 Å². The second kappa shape index (κ2) is 7.89. The van der Waals surface area contributed by atoms with Crippen molar-refractivity contribution in [2.75, 3.05) is 5.73 Å². The first kappa shape index (κ1) is 20.6. The summed E-state index contributed by atoms with van der Waals surface area (Å²) in [6, 6.07) is 6.16. The zero-order chi connectivity index (χ0) is 18.2. The maximum Gasteiger partial charge on any atom is 0.341 e. The highest BCUT2D eigenvalue weighted by molar-refractivity contribution is 7.92. The first-order valence-electron chi connectivity index (χ1n) is 7.59. The van der Waals surface area contributed by atoms with Crippen LogP contribution in [0, 0.1) is 0 Å². The van der Waals surface area contributed by atoms with Crippen molar-refractivity contribution < 1.29 is 22.0 Å². The number of nitrogen functional groups attached to an aromatic ring is 1. The molecule has 1 aromatic carbocycles. The highest BCUT2D eigenvalue weighted by atomic mass is 35.5. The lowest BCUT2D eigenvalue weighted by Gasteiger charge is -2.26. The Morgan fingerprint density at radius 1 is 1.31 bits per heavy atom. The number of hydrogen-bond donors (Lipinski definition) is 2. The van der Waals surface area contributed by atoms with Gasteiger partial charge in [-0.3, -0.25) is 4.79 Å². The zero-order valence-corrected chi connectivity index (χ0v) is 15.9. The number of benzene rings is 1. The molecule has 0 saturated carbocycles. The van der Waals surface area contributed by atoms with Crippen molar-refractivity contribution in [3.8, 4) is 0 Å². The van der Waals surface area contributed by atoms with Crippen molar-refractivity contribution in [1.82, 2.24) is 5.32 Å². The predicted octanol–water partition coefficient (Wildman–Crippen LogP) is 3.56. The summed E-state index contributed by atoms with van der Waals surface area (Å²) in [5.41, 5.74) is 8.36. The number of fused-ring (bicyclic) bond motifs is 1. The Labute approximate surface area is 159 Å². The van der Waals surface area contributed by atoms with Crippen LogP contribution in [0.4, 0.5) is 14.5 Å². The maximum atomic E-state index is 12.8. The van der Waals surface area contributed by atoms with Crippen molar-refractivity contribution in [2.24, 2.45) is 0 Å². The van der Waals surface area contributed by atoms with Crippen LogP contribution in [-0.4, -0.2) is 20.1 Å². The SMILES string of the molecule is Cl.Nc1ccc2c(c1)CCCC2NC(=O)c1sccc1S(=O)(=O)C(F)F. The number of thiophene rings is 1. The van der Waals surface area contributed by atoms with Crippen LogP contribution in [0.1, 0.15) is 39.7 Å². The Morgan fingerprint density at radius 3 is 2.73 bits per heavy atom. The van der Waals surface area contributed by atoms with Gasteiger partial charge in [-0.15, -0.1) is 23.7 Å². The first-order chi connectivity index (χ1) is 11.8. The van der Waals surface area contributed by atoms with E-state index in [0.29, 0.717) is 12.1 Å². The van der Waals surface area contributed by atoms with Gasteiger partial charge in [-0.2, -0.15) is 8.78 Å². The van der Waals surface area contributed by atoms with Crippen molar-refractivity contribution in [3.63, 3.8) is 0 Å². The van der Waals surface area contributed by atoms with E-state index in [-0.39, 0.29) is 23.3 Å². The van der Waals surface area contributed by atoms with E-state index in [1.165, 1.54) is 5.38 Å². The van der Waals surface area contributed by atoms with Crippen molar-refractivity contribution in [3.05, 3.63) is 45.6 Å². The van der Waals surface area contributed by atoms with Gasteiger partial charge in [0, 0.05) is 5.69 Å². The Hall–Kier alpha value is -1.71. The number of carbonyl (C=O) groups excluding carboxylic acids is 1. The highest BCUT2D eigenvalue weighted by Crippen LogP contribution is 2.32. The van der Waals surface area contributed by atoms with Crippen LogP contribution < -0.4 is 11.1 Å². The summed E-state index contributed by atoms with van der Waals surface area (Å²) in [5.74, 6) is -4.23. The van der Waals surface area contributed by atoms with Gasteiger partial charge in [-0.25, -0.2) is 8.42 Å². The molecule has 1 aliphatic rings. The van der Waals surface area contributed by atoms with Crippen molar-refractivity contribution in [2.45, 2.75) is 36.0 Å². The molecule has 0 radical (unpaired) electrons. The molecule has 3 rings (SSSR count). The molecule has 0 bridgehead atoms. The minimum Gasteiger partial charge on any atom is -0.399 e. The van der Waals surface area contributed by atoms with Crippen LogP contribution in [0.5, 0.6) is 0 Å². The molecular weight excluding hydrogens is 406 g/mol. The van der Waals surface area contributed by atoms with Crippen LogP contribution >= 0.6 is 23.7 Å². The summed E-state index contributed by atoms with van der Waals surface area (Å²) in [6.45, 7) is 0. The van der Waals surface area contributed by atoms with Gasteiger partial charge < -0.3 is 11.1 Å². The molecule has 0 saturated heterocycles. The molecule has 1 atom stereocenters. The van der Waals surface area contributed by atoms with E-state index in [2.05, 4.69) is 5.32 Å². The van der Waals surface area contributed by atoms with E-state index >= 15 is 0 Å². The average Bonchev–Trinajstić information content (AvgIpc) is 3.05. The molecule has 10 heteroatoms. The summed E-state index contributed by atoms with van der Waals surface area (Å²) >= 11 is 0.830. The summed E-state index contributed by atoms with van der Waals surface area (Å²) in [6.07, 6.45) is 2.37. The number of carbonyl (C=O) groups is 1. The molecule has 5 nitrogen and oxygen atoms in total. The number of halogens is 3. The first-order valence-corrected chi connectivity index (χ1v) is 10.0. The Morgan fingerprint density at radius 2 is 2.04 bits per heavy atom. The average molecular weight is 423 g/mol. The molecule has 1 aromatic heterocycles. The second-order valence-corrected chi connectivity index (χ2v) is 8.60. The quantitative estimate of drug-likeness (QED) is 0.737. The van der Waals surface area contributed by atoms with Gasteiger partial charge in [-0.05, 0) is 54.0 Å². The van der Waals surface area contributed by atoms with Gasteiger partial charge in [0.2, 0.25) is 9.84 Å². The minimum absolute atomic E-state index is 0. The largest absolute Gasteiger partial charge is 0.399 e. The van der Waals surface area contributed by atoms with Crippen LogP contribution in [0.2, 0.25) is 0 Å². The number of rotatable bonds is 4. The molecule has 1 aliphatic carbocycles. The monoisotopic (exact) mass is 422 g/mol. The number of amides is 1. The number of hydrogen-bond acceptors (Lipinski definition) is 5. The van der Waals surface area contributed by atoms with E-state index in [4.69, 9.17) is 5.73 Å². The molecule has 1 amide bonds.